The summed E-state index contributed by atoms with van der Waals surface area (Å²) in [5.41, 5.74) is 2.19. The number of carbonyl (C=O) groups is 1. The lowest BCUT2D eigenvalue weighted by Crippen LogP contribution is -2.15. The molecule has 4 heteroatoms. The molecule has 0 radical (unpaired) electrons. The van der Waals surface area contributed by atoms with Crippen molar-refractivity contribution < 1.29 is 9.21 Å². The Morgan fingerprint density at radius 1 is 1.05 bits per heavy atom. The van der Waals surface area contributed by atoms with Gasteiger partial charge in [0.05, 0.1) is 5.39 Å². The zero-order valence-corrected chi connectivity index (χ0v) is 12.3. The Balaban J connectivity index is 1.99. The van der Waals surface area contributed by atoms with E-state index in [4.69, 9.17) is 4.42 Å². The Labute approximate surface area is 127 Å². The number of anilines is 1. The van der Waals surface area contributed by atoms with E-state index in [0.29, 0.717) is 16.5 Å². The van der Waals surface area contributed by atoms with Crippen molar-refractivity contribution in [3.63, 3.8) is 0 Å². The van der Waals surface area contributed by atoms with Crippen molar-refractivity contribution in [1.29, 1.82) is 0 Å². The van der Waals surface area contributed by atoms with Crippen LogP contribution in [-0.4, -0.2) is 5.91 Å². The molecule has 22 heavy (non-hydrogen) atoms. The van der Waals surface area contributed by atoms with Crippen molar-refractivity contribution in [3.05, 3.63) is 75.8 Å². The second-order valence-electron chi connectivity index (χ2n) is 5.26. The van der Waals surface area contributed by atoms with Gasteiger partial charge >= 0.3 is 5.63 Å². The van der Waals surface area contributed by atoms with Crippen LogP contribution in [0.2, 0.25) is 0 Å². The fraction of sp³-hybridized carbons (Fsp3) is 0.111. The van der Waals surface area contributed by atoms with Crippen molar-refractivity contribution in [2.24, 2.45) is 0 Å². The minimum absolute atomic E-state index is 0.00426. The molecule has 3 aromatic rings. The lowest BCUT2D eigenvalue weighted by Gasteiger charge is -2.09. The molecule has 1 N–H and O–H groups in total. The zero-order valence-electron chi connectivity index (χ0n) is 12.3. The van der Waals surface area contributed by atoms with Gasteiger partial charge < -0.3 is 9.73 Å². The monoisotopic (exact) mass is 293 g/mol. The van der Waals surface area contributed by atoms with Gasteiger partial charge in [0, 0.05) is 5.69 Å². The maximum absolute atomic E-state index is 12.3. The van der Waals surface area contributed by atoms with E-state index in [0.717, 1.165) is 11.1 Å². The van der Waals surface area contributed by atoms with Crippen LogP contribution in [0.1, 0.15) is 21.7 Å². The number of hydrogen-bond donors (Lipinski definition) is 1. The number of fused-ring (bicyclic) bond motifs is 1. The molecule has 1 amide bonds. The number of carbonyl (C=O) groups excluding carboxylic acids is 1. The highest BCUT2D eigenvalue weighted by atomic mass is 16.4. The summed E-state index contributed by atoms with van der Waals surface area (Å²) >= 11 is 0. The molecule has 0 aliphatic heterocycles. The summed E-state index contributed by atoms with van der Waals surface area (Å²) in [4.78, 5) is 24.3. The van der Waals surface area contributed by atoms with Crippen LogP contribution in [0.3, 0.4) is 0 Å². The summed E-state index contributed by atoms with van der Waals surface area (Å²) in [7, 11) is 0. The van der Waals surface area contributed by atoms with E-state index >= 15 is 0 Å². The number of hydrogen-bond acceptors (Lipinski definition) is 3. The molecular formula is C18H15NO3. The average molecular weight is 293 g/mol. The molecule has 0 spiro atoms. The minimum atomic E-state index is -0.510. The van der Waals surface area contributed by atoms with E-state index in [-0.39, 0.29) is 5.76 Å². The second-order valence-corrected chi connectivity index (χ2v) is 5.26. The van der Waals surface area contributed by atoms with Crippen LogP contribution in [0.4, 0.5) is 5.69 Å². The summed E-state index contributed by atoms with van der Waals surface area (Å²) in [5, 5.41) is 3.94. The fourth-order valence-electron chi connectivity index (χ4n) is 2.30. The van der Waals surface area contributed by atoms with Crippen molar-refractivity contribution in [2.45, 2.75) is 13.8 Å². The van der Waals surface area contributed by atoms with Gasteiger partial charge in [0.1, 0.15) is 0 Å². The normalized spacial score (nSPS) is 10.6. The first kappa shape index (κ1) is 14.1. The molecule has 0 bridgehead atoms. The standard InChI is InChI=1S/C18H15NO3/c1-11-7-8-12(2)15(9-11)19-17(20)16-10-13-5-3-4-6-14(13)18(21)22-16/h3-10H,1-2H3,(H,19,20). The summed E-state index contributed by atoms with van der Waals surface area (Å²) in [5.74, 6) is -0.429. The van der Waals surface area contributed by atoms with Crippen molar-refractivity contribution in [1.82, 2.24) is 0 Å². The molecule has 0 atom stereocenters. The van der Waals surface area contributed by atoms with Gasteiger partial charge in [-0.3, -0.25) is 4.79 Å². The topological polar surface area (TPSA) is 59.3 Å². The van der Waals surface area contributed by atoms with E-state index in [1.165, 1.54) is 0 Å². The predicted octanol–water partition coefficient (Wildman–Crippen LogP) is 3.66. The van der Waals surface area contributed by atoms with Crippen LogP contribution in [0.25, 0.3) is 10.8 Å². The predicted molar refractivity (Wildman–Crippen MR) is 86.4 cm³/mol. The summed E-state index contributed by atoms with van der Waals surface area (Å²) in [6.07, 6.45) is 0. The van der Waals surface area contributed by atoms with Crippen molar-refractivity contribution in [3.8, 4) is 0 Å². The Morgan fingerprint density at radius 3 is 2.64 bits per heavy atom. The molecule has 2 aromatic carbocycles. The van der Waals surface area contributed by atoms with E-state index in [9.17, 15) is 9.59 Å². The molecule has 0 unspecified atom stereocenters. The lowest BCUT2D eigenvalue weighted by molar-refractivity contribution is 0.0993. The maximum atomic E-state index is 12.3. The van der Waals surface area contributed by atoms with Gasteiger partial charge in [-0.1, -0.05) is 30.3 Å². The zero-order chi connectivity index (χ0) is 15.7. The van der Waals surface area contributed by atoms with E-state index in [1.807, 2.05) is 38.1 Å². The molecule has 0 aliphatic rings. The van der Waals surface area contributed by atoms with Gasteiger partial charge in [0.2, 0.25) is 0 Å². The largest absolute Gasteiger partial charge is 0.417 e. The quantitative estimate of drug-likeness (QED) is 0.784. The maximum Gasteiger partial charge on any atom is 0.344 e. The van der Waals surface area contributed by atoms with E-state index in [2.05, 4.69) is 5.32 Å². The average Bonchev–Trinajstić information content (AvgIpc) is 2.51. The Kier molecular flexibility index (Phi) is 3.51. The molecule has 4 nitrogen and oxygen atoms in total. The first-order chi connectivity index (χ1) is 10.5. The Bertz CT molecular complexity index is 925. The van der Waals surface area contributed by atoms with E-state index in [1.54, 1.807) is 24.3 Å². The molecule has 0 saturated carbocycles. The van der Waals surface area contributed by atoms with Crippen LogP contribution in [0.5, 0.6) is 0 Å². The number of nitrogens with one attached hydrogen (secondary N) is 1. The molecule has 3 rings (SSSR count). The number of aryl methyl sites for hydroxylation is 2. The molecule has 0 saturated heterocycles. The third-order valence-electron chi connectivity index (χ3n) is 3.54. The molecule has 1 aromatic heterocycles. The Hall–Kier alpha value is -2.88. The smallest absolute Gasteiger partial charge is 0.344 e. The SMILES string of the molecule is Cc1ccc(C)c(NC(=O)c2cc3ccccc3c(=O)o2)c1. The first-order valence-electron chi connectivity index (χ1n) is 6.96. The first-order valence-corrected chi connectivity index (χ1v) is 6.96. The summed E-state index contributed by atoms with van der Waals surface area (Å²) in [6, 6.07) is 14.4. The van der Waals surface area contributed by atoms with Gasteiger partial charge in [-0.25, -0.2) is 4.79 Å². The molecule has 1 heterocycles. The van der Waals surface area contributed by atoms with Gasteiger partial charge in [-0.2, -0.15) is 0 Å². The second kappa shape index (κ2) is 5.48. The van der Waals surface area contributed by atoms with Crippen molar-refractivity contribution >= 4 is 22.4 Å². The van der Waals surface area contributed by atoms with Crippen LogP contribution >= 0.6 is 0 Å². The van der Waals surface area contributed by atoms with Crippen LogP contribution in [0.15, 0.2) is 57.7 Å². The Morgan fingerprint density at radius 2 is 1.82 bits per heavy atom. The van der Waals surface area contributed by atoms with Gasteiger partial charge in [0.25, 0.3) is 5.91 Å². The number of benzene rings is 2. The van der Waals surface area contributed by atoms with Crippen LogP contribution < -0.4 is 10.9 Å². The molecular weight excluding hydrogens is 278 g/mol. The van der Waals surface area contributed by atoms with Crippen molar-refractivity contribution in [2.75, 3.05) is 5.32 Å². The van der Waals surface area contributed by atoms with Gasteiger partial charge in [-0.15, -0.1) is 0 Å². The molecule has 110 valence electrons. The minimum Gasteiger partial charge on any atom is -0.417 e. The van der Waals surface area contributed by atoms with Gasteiger partial charge in [0.15, 0.2) is 5.76 Å². The molecule has 0 fully saturated rings. The van der Waals surface area contributed by atoms with E-state index < -0.39 is 11.5 Å². The lowest BCUT2D eigenvalue weighted by atomic mass is 10.1. The van der Waals surface area contributed by atoms with Crippen LogP contribution in [-0.2, 0) is 0 Å². The number of rotatable bonds is 2. The number of amides is 1. The van der Waals surface area contributed by atoms with Gasteiger partial charge in [-0.05, 0) is 48.6 Å². The fourth-order valence-corrected chi connectivity index (χ4v) is 2.30. The summed E-state index contributed by atoms with van der Waals surface area (Å²) in [6.45, 7) is 3.86. The third-order valence-corrected chi connectivity index (χ3v) is 3.54. The van der Waals surface area contributed by atoms with Crippen LogP contribution in [0, 0.1) is 13.8 Å². The highest BCUT2D eigenvalue weighted by Crippen LogP contribution is 2.18. The highest BCUT2D eigenvalue weighted by molar-refractivity contribution is 6.04. The highest BCUT2D eigenvalue weighted by Gasteiger charge is 2.13. The molecule has 0 aliphatic carbocycles. The summed E-state index contributed by atoms with van der Waals surface area (Å²) < 4.78 is 5.13. The third kappa shape index (κ3) is 2.63.